The maximum atomic E-state index is 12.1. The number of nitrogens with zero attached hydrogens (tertiary/aromatic N) is 1. The van der Waals surface area contributed by atoms with Crippen LogP contribution in [0, 0.1) is 10.1 Å². The van der Waals surface area contributed by atoms with Gasteiger partial charge in [0.05, 0.1) is 0 Å². The van der Waals surface area contributed by atoms with E-state index in [-0.39, 0.29) is 10.6 Å². The third kappa shape index (κ3) is 4.19. The summed E-state index contributed by atoms with van der Waals surface area (Å²) >= 11 is 3.43. The van der Waals surface area contributed by atoms with Gasteiger partial charge in [-0.1, -0.05) is 0 Å². The zero-order valence-electron chi connectivity index (χ0n) is 16.9. The monoisotopic (exact) mass is 491 g/mol. The number of hydrogen-bond donors (Lipinski definition) is 0. The summed E-state index contributed by atoms with van der Waals surface area (Å²) in [5.74, 6) is 0. The van der Waals surface area contributed by atoms with E-state index in [2.05, 4.69) is 88.7 Å². The SMILES string of the molecule is O=[N+]([O-])c1c(CBr)cccc1C[PH](c1ccccc1)(c1ccccc1)c1ccccc1. The van der Waals surface area contributed by atoms with Crippen LogP contribution in [0.15, 0.2) is 109 Å². The van der Waals surface area contributed by atoms with Gasteiger partial charge in [-0.3, -0.25) is 0 Å². The van der Waals surface area contributed by atoms with Crippen molar-refractivity contribution in [2.45, 2.75) is 11.5 Å². The van der Waals surface area contributed by atoms with Crippen LogP contribution in [-0.2, 0) is 11.5 Å². The van der Waals surface area contributed by atoms with E-state index in [1.807, 2.05) is 36.4 Å². The summed E-state index contributed by atoms with van der Waals surface area (Å²) in [6.45, 7) is 0. The first kappa shape index (κ1) is 21.4. The average molecular weight is 492 g/mol. The molecule has 156 valence electrons. The molecule has 0 atom stereocenters. The van der Waals surface area contributed by atoms with Crippen molar-refractivity contribution in [3.05, 3.63) is 130 Å². The van der Waals surface area contributed by atoms with Crippen LogP contribution < -0.4 is 15.9 Å². The molecule has 4 rings (SSSR count). The summed E-state index contributed by atoms with van der Waals surface area (Å²) in [7, 11) is -2.60. The van der Waals surface area contributed by atoms with E-state index in [0.29, 0.717) is 17.1 Å². The minimum absolute atomic E-state index is 0.221. The Balaban J connectivity index is 2.04. The third-order valence-electron chi connectivity index (χ3n) is 5.79. The number of para-hydroxylation sites is 1. The molecule has 0 radical (unpaired) electrons. The first-order valence-electron chi connectivity index (χ1n) is 10.1. The average Bonchev–Trinajstić information content (AvgIpc) is 2.83. The molecule has 0 amide bonds. The van der Waals surface area contributed by atoms with E-state index in [1.54, 1.807) is 0 Å². The normalized spacial score (nSPS) is 11.8. The summed E-state index contributed by atoms with van der Waals surface area (Å²) in [5.41, 5.74) is 1.71. The Morgan fingerprint density at radius 3 is 1.45 bits per heavy atom. The van der Waals surface area contributed by atoms with Gasteiger partial charge in [-0.25, -0.2) is 0 Å². The van der Waals surface area contributed by atoms with Gasteiger partial charge in [0.15, 0.2) is 0 Å². The number of alkyl halides is 1. The van der Waals surface area contributed by atoms with E-state index in [0.717, 1.165) is 5.56 Å². The van der Waals surface area contributed by atoms with Crippen LogP contribution in [0.25, 0.3) is 0 Å². The van der Waals surface area contributed by atoms with Gasteiger partial charge < -0.3 is 0 Å². The first-order valence-corrected chi connectivity index (χ1v) is 13.5. The topological polar surface area (TPSA) is 43.1 Å². The molecule has 5 heteroatoms. The molecule has 3 nitrogen and oxygen atoms in total. The Hall–Kier alpha value is -2.81. The minimum atomic E-state index is -2.60. The molecule has 0 saturated heterocycles. The van der Waals surface area contributed by atoms with Crippen molar-refractivity contribution in [1.29, 1.82) is 0 Å². The van der Waals surface area contributed by atoms with Gasteiger partial charge in [-0.15, -0.1) is 0 Å². The Morgan fingerprint density at radius 2 is 1.06 bits per heavy atom. The standard InChI is InChI=1S/C26H23BrNO2P/c27-19-21-11-10-12-22(26(21)28(29)30)20-31(23-13-4-1-5-14-23,24-15-6-2-7-16-24)25-17-8-3-9-18-25/h1-18,31H,19-20H2. The van der Waals surface area contributed by atoms with Crippen LogP contribution in [0.1, 0.15) is 11.1 Å². The molecular weight excluding hydrogens is 469 g/mol. The van der Waals surface area contributed by atoms with Crippen molar-refractivity contribution in [1.82, 2.24) is 0 Å². The van der Waals surface area contributed by atoms with Gasteiger partial charge in [0.25, 0.3) is 0 Å². The Labute approximate surface area is 191 Å². The Kier molecular flexibility index (Phi) is 6.60. The van der Waals surface area contributed by atoms with Crippen LogP contribution in [-0.4, -0.2) is 4.92 Å². The Morgan fingerprint density at radius 1 is 0.645 bits per heavy atom. The molecule has 0 bridgehead atoms. The second kappa shape index (κ2) is 9.55. The quantitative estimate of drug-likeness (QED) is 0.144. The molecule has 0 unspecified atom stereocenters. The predicted molar refractivity (Wildman–Crippen MR) is 136 cm³/mol. The molecule has 0 saturated carbocycles. The molecular formula is C26H23BrNO2P. The first-order chi connectivity index (χ1) is 15.2. The number of benzene rings is 4. The molecule has 0 aliphatic rings. The Bertz CT molecular complexity index is 1070. The molecule has 0 N–H and O–H groups in total. The predicted octanol–water partition coefficient (Wildman–Crippen LogP) is 5.72. The second-order valence-corrected chi connectivity index (χ2v) is 12.0. The van der Waals surface area contributed by atoms with Crippen LogP contribution in [0.2, 0.25) is 0 Å². The number of halogens is 1. The molecule has 0 spiro atoms. The molecule has 0 heterocycles. The van der Waals surface area contributed by atoms with Gasteiger partial charge in [-0.05, 0) is 0 Å². The van der Waals surface area contributed by atoms with Crippen molar-refractivity contribution < 1.29 is 4.92 Å². The third-order valence-corrected chi connectivity index (χ3v) is 11.3. The van der Waals surface area contributed by atoms with E-state index >= 15 is 0 Å². The summed E-state index contributed by atoms with van der Waals surface area (Å²) < 4.78 is 0. The van der Waals surface area contributed by atoms with Crippen LogP contribution in [0.5, 0.6) is 0 Å². The van der Waals surface area contributed by atoms with E-state index in [4.69, 9.17) is 0 Å². The molecule has 0 fully saturated rings. The number of hydrogen-bond acceptors (Lipinski definition) is 2. The van der Waals surface area contributed by atoms with E-state index in [1.165, 1.54) is 15.9 Å². The van der Waals surface area contributed by atoms with Crippen LogP contribution in [0.4, 0.5) is 5.69 Å². The number of rotatable bonds is 7. The van der Waals surface area contributed by atoms with Crippen molar-refractivity contribution in [3.63, 3.8) is 0 Å². The van der Waals surface area contributed by atoms with Crippen LogP contribution in [0.3, 0.4) is 0 Å². The van der Waals surface area contributed by atoms with Gasteiger partial charge in [0.1, 0.15) is 0 Å². The summed E-state index contributed by atoms with van der Waals surface area (Å²) in [5, 5.41) is 16.3. The van der Waals surface area contributed by atoms with Gasteiger partial charge in [0, 0.05) is 0 Å². The number of nitro benzene ring substituents is 1. The van der Waals surface area contributed by atoms with Crippen molar-refractivity contribution in [2.24, 2.45) is 0 Å². The molecule has 4 aromatic rings. The maximum absolute atomic E-state index is 12.1. The fourth-order valence-corrected chi connectivity index (χ4v) is 9.60. The summed E-state index contributed by atoms with van der Waals surface area (Å²) in [4.78, 5) is 11.9. The summed E-state index contributed by atoms with van der Waals surface area (Å²) in [6.07, 6.45) is 0.613. The van der Waals surface area contributed by atoms with Crippen LogP contribution >= 0.6 is 23.2 Å². The summed E-state index contributed by atoms with van der Waals surface area (Å²) in [6, 6.07) is 37.1. The van der Waals surface area contributed by atoms with E-state index < -0.39 is 7.26 Å². The second-order valence-electron chi connectivity index (χ2n) is 7.50. The zero-order valence-corrected chi connectivity index (χ0v) is 19.5. The zero-order chi connectivity index (χ0) is 21.7. The molecule has 31 heavy (non-hydrogen) atoms. The molecule has 0 aromatic heterocycles. The fraction of sp³-hybridized carbons (Fsp3) is 0.0769. The number of nitro groups is 1. The van der Waals surface area contributed by atoms with E-state index in [9.17, 15) is 10.1 Å². The molecule has 0 aliphatic carbocycles. The molecule has 0 aliphatic heterocycles. The van der Waals surface area contributed by atoms with Crippen molar-refractivity contribution in [2.75, 3.05) is 0 Å². The van der Waals surface area contributed by atoms with Gasteiger partial charge in [-0.2, -0.15) is 0 Å². The van der Waals surface area contributed by atoms with Crippen molar-refractivity contribution >= 4 is 44.8 Å². The van der Waals surface area contributed by atoms with Gasteiger partial charge >= 0.3 is 192 Å². The molecule has 4 aromatic carbocycles. The fourth-order valence-electron chi connectivity index (χ4n) is 4.39. The van der Waals surface area contributed by atoms with Gasteiger partial charge in [0.2, 0.25) is 0 Å². The van der Waals surface area contributed by atoms with Crippen molar-refractivity contribution in [3.8, 4) is 0 Å².